The minimum absolute atomic E-state index is 0.116. The SMILES string of the molecule is CC1(CC2CCO2)C=C(Br)C=C(N)[C@H]1[N+](=O)[O-]. The lowest BCUT2D eigenvalue weighted by molar-refractivity contribution is -0.529. The standard InChI is InChI=1S/C11H15BrN2O3/c1-11(6-8-2-3-17-8)5-7(12)4-9(13)10(11)14(15)16/h4-5,8,10H,2-3,6,13H2,1H3/t8?,10-,11?/m1/s1. The van der Waals surface area contributed by atoms with Gasteiger partial charge in [0, 0.05) is 16.0 Å². The van der Waals surface area contributed by atoms with Crippen molar-refractivity contribution < 1.29 is 9.66 Å². The molecule has 2 N–H and O–H groups in total. The van der Waals surface area contributed by atoms with E-state index < -0.39 is 11.5 Å². The number of rotatable bonds is 3. The predicted molar refractivity (Wildman–Crippen MR) is 67.1 cm³/mol. The summed E-state index contributed by atoms with van der Waals surface area (Å²) in [6.45, 7) is 2.61. The number of nitrogens with two attached hydrogens (primary N) is 1. The summed E-state index contributed by atoms with van der Waals surface area (Å²) in [5.74, 6) is 0. The van der Waals surface area contributed by atoms with E-state index >= 15 is 0 Å². The summed E-state index contributed by atoms with van der Waals surface area (Å²) in [4.78, 5) is 10.9. The second-order valence-electron chi connectivity index (χ2n) is 4.85. The molecule has 94 valence electrons. The number of hydrogen-bond donors (Lipinski definition) is 1. The zero-order chi connectivity index (χ0) is 12.6. The van der Waals surface area contributed by atoms with E-state index in [-0.39, 0.29) is 11.0 Å². The van der Waals surface area contributed by atoms with Crippen LogP contribution >= 0.6 is 15.9 Å². The van der Waals surface area contributed by atoms with E-state index in [1.165, 1.54) is 0 Å². The summed E-state index contributed by atoms with van der Waals surface area (Å²) in [6.07, 6.45) is 5.19. The lowest BCUT2D eigenvalue weighted by Crippen LogP contribution is -2.46. The van der Waals surface area contributed by atoms with Gasteiger partial charge in [-0.25, -0.2) is 0 Å². The first-order chi connectivity index (χ1) is 7.92. The second kappa shape index (κ2) is 4.42. The van der Waals surface area contributed by atoms with Gasteiger partial charge in [0.2, 0.25) is 0 Å². The van der Waals surface area contributed by atoms with Crippen molar-refractivity contribution in [2.45, 2.75) is 31.9 Å². The fourth-order valence-corrected chi connectivity index (χ4v) is 3.31. The van der Waals surface area contributed by atoms with Crippen LogP contribution in [0.5, 0.6) is 0 Å². The van der Waals surface area contributed by atoms with E-state index in [4.69, 9.17) is 10.5 Å². The summed E-state index contributed by atoms with van der Waals surface area (Å²) in [5.41, 5.74) is 5.50. The largest absolute Gasteiger partial charge is 0.396 e. The summed E-state index contributed by atoms with van der Waals surface area (Å²) in [6, 6.07) is -0.868. The van der Waals surface area contributed by atoms with Gasteiger partial charge in [-0.2, -0.15) is 0 Å². The third-order valence-electron chi connectivity index (χ3n) is 3.38. The average Bonchev–Trinajstić information content (AvgIpc) is 2.09. The van der Waals surface area contributed by atoms with Crippen molar-refractivity contribution in [3.8, 4) is 0 Å². The zero-order valence-corrected chi connectivity index (χ0v) is 11.1. The Balaban J connectivity index is 2.27. The maximum atomic E-state index is 11.2. The number of hydrogen-bond acceptors (Lipinski definition) is 4. The van der Waals surface area contributed by atoms with Gasteiger partial charge in [0.05, 0.1) is 17.2 Å². The van der Waals surface area contributed by atoms with E-state index in [9.17, 15) is 10.1 Å². The van der Waals surface area contributed by atoms with Crippen molar-refractivity contribution in [2.75, 3.05) is 6.61 Å². The van der Waals surface area contributed by atoms with Crippen LogP contribution in [0.2, 0.25) is 0 Å². The van der Waals surface area contributed by atoms with Crippen LogP contribution in [0.15, 0.2) is 22.3 Å². The van der Waals surface area contributed by atoms with Gasteiger partial charge in [-0.05, 0) is 25.8 Å². The van der Waals surface area contributed by atoms with Crippen LogP contribution in [0.1, 0.15) is 19.8 Å². The highest BCUT2D eigenvalue weighted by Crippen LogP contribution is 2.41. The molecule has 0 bridgehead atoms. The Morgan fingerprint density at radius 3 is 2.88 bits per heavy atom. The van der Waals surface area contributed by atoms with E-state index in [0.29, 0.717) is 12.1 Å². The van der Waals surface area contributed by atoms with Crippen LogP contribution in [-0.4, -0.2) is 23.7 Å². The molecule has 0 aromatic rings. The maximum absolute atomic E-state index is 11.2. The van der Waals surface area contributed by atoms with Crippen LogP contribution in [0.25, 0.3) is 0 Å². The number of nitro groups is 1. The van der Waals surface area contributed by atoms with Crippen molar-refractivity contribution in [3.05, 3.63) is 32.4 Å². The Bertz CT molecular complexity index is 404. The van der Waals surface area contributed by atoms with Crippen LogP contribution in [0.4, 0.5) is 0 Å². The molecule has 2 rings (SSSR count). The van der Waals surface area contributed by atoms with Crippen molar-refractivity contribution in [1.82, 2.24) is 0 Å². The smallest absolute Gasteiger partial charge is 0.260 e. The molecule has 1 fully saturated rings. The fourth-order valence-electron chi connectivity index (χ4n) is 2.52. The van der Waals surface area contributed by atoms with Gasteiger partial charge in [0.25, 0.3) is 6.04 Å². The molecule has 1 aliphatic carbocycles. The normalized spacial score (nSPS) is 36.8. The molecule has 17 heavy (non-hydrogen) atoms. The number of halogens is 1. The minimum Gasteiger partial charge on any atom is -0.396 e. The van der Waals surface area contributed by atoms with Gasteiger partial charge in [-0.1, -0.05) is 22.0 Å². The third-order valence-corrected chi connectivity index (χ3v) is 3.84. The summed E-state index contributed by atoms with van der Waals surface area (Å²) < 4.78 is 6.17. The van der Waals surface area contributed by atoms with Crippen LogP contribution < -0.4 is 5.73 Å². The minimum atomic E-state index is -0.868. The molecule has 0 aromatic carbocycles. The fraction of sp³-hybridized carbons (Fsp3) is 0.636. The quantitative estimate of drug-likeness (QED) is 0.638. The second-order valence-corrected chi connectivity index (χ2v) is 5.77. The summed E-state index contributed by atoms with van der Waals surface area (Å²) in [5, 5.41) is 11.2. The predicted octanol–water partition coefficient (Wildman–Crippen LogP) is 1.95. The monoisotopic (exact) mass is 302 g/mol. The molecule has 1 saturated heterocycles. The first kappa shape index (κ1) is 12.6. The van der Waals surface area contributed by atoms with Gasteiger partial charge < -0.3 is 10.5 Å². The Kier molecular flexibility index (Phi) is 3.27. The molecular weight excluding hydrogens is 288 g/mol. The Hall–Kier alpha value is -0.880. The third kappa shape index (κ3) is 2.37. The highest BCUT2D eigenvalue weighted by atomic mass is 79.9. The van der Waals surface area contributed by atoms with Crippen LogP contribution in [0, 0.1) is 15.5 Å². The first-order valence-electron chi connectivity index (χ1n) is 5.53. The number of allylic oxidation sites excluding steroid dienone is 2. The molecule has 0 amide bonds. The highest BCUT2D eigenvalue weighted by molar-refractivity contribution is 9.11. The zero-order valence-electron chi connectivity index (χ0n) is 9.56. The summed E-state index contributed by atoms with van der Waals surface area (Å²) >= 11 is 3.35. The molecule has 5 nitrogen and oxygen atoms in total. The van der Waals surface area contributed by atoms with E-state index in [1.807, 2.05) is 13.0 Å². The molecule has 1 heterocycles. The molecular formula is C11H15BrN2O3. The van der Waals surface area contributed by atoms with E-state index in [2.05, 4.69) is 15.9 Å². The Morgan fingerprint density at radius 1 is 1.76 bits per heavy atom. The van der Waals surface area contributed by atoms with Gasteiger partial charge in [-0.15, -0.1) is 0 Å². The lowest BCUT2D eigenvalue weighted by atomic mass is 9.73. The van der Waals surface area contributed by atoms with Crippen molar-refractivity contribution >= 4 is 15.9 Å². The Labute approximate surface area is 108 Å². The molecule has 0 spiro atoms. The lowest BCUT2D eigenvalue weighted by Gasteiger charge is -2.38. The number of ether oxygens (including phenoxy) is 1. The molecule has 0 radical (unpaired) electrons. The van der Waals surface area contributed by atoms with E-state index in [1.54, 1.807) is 6.08 Å². The first-order valence-corrected chi connectivity index (χ1v) is 6.32. The van der Waals surface area contributed by atoms with Gasteiger partial charge in [0.15, 0.2) is 0 Å². The summed E-state index contributed by atoms with van der Waals surface area (Å²) in [7, 11) is 0. The molecule has 3 atom stereocenters. The highest BCUT2D eigenvalue weighted by Gasteiger charge is 2.47. The molecule has 0 saturated carbocycles. The van der Waals surface area contributed by atoms with E-state index in [0.717, 1.165) is 17.5 Å². The molecule has 1 aliphatic heterocycles. The molecule has 2 aliphatic rings. The van der Waals surface area contributed by atoms with Crippen molar-refractivity contribution in [2.24, 2.45) is 11.1 Å². The van der Waals surface area contributed by atoms with Gasteiger partial charge in [-0.3, -0.25) is 10.1 Å². The van der Waals surface area contributed by atoms with Crippen molar-refractivity contribution in [1.29, 1.82) is 0 Å². The van der Waals surface area contributed by atoms with Gasteiger partial charge in [0.1, 0.15) is 0 Å². The Morgan fingerprint density at radius 2 is 2.41 bits per heavy atom. The van der Waals surface area contributed by atoms with Crippen molar-refractivity contribution in [3.63, 3.8) is 0 Å². The topological polar surface area (TPSA) is 78.4 Å². The maximum Gasteiger partial charge on any atom is 0.260 e. The van der Waals surface area contributed by atoms with Gasteiger partial charge >= 0.3 is 0 Å². The number of nitrogens with zero attached hydrogens (tertiary/aromatic N) is 1. The average molecular weight is 303 g/mol. The van der Waals surface area contributed by atoms with Crippen LogP contribution in [-0.2, 0) is 4.74 Å². The molecule has 6 heteroatoms. The molecule has 0 aromatic heterocycles. The van der Waals surface area contributed by atoms with Crippen LogP contribution in [0.3, 0.4) is 0 Å². The molecule has 2 unspecified atom stereocenters.